The number of ether oxygens (including phenoxy) is 1. The van der Waals surface area contributed by atoms with E-state index in [1.807, 2.05) is 25.1 Å². The van der Waals surface area contributed by atoms with Gasteiger partial charge in [0.2, 0.25) is 5.91 Å². The topological polar surface area (TPSA) is 64.4 Å². The molecule has 1 amide bonds. The van der Waals surface area contributed by atoms with Crippen LogP contribution in [-0.4, -0.2) is 23.6 Å². The van der Waals surface area contributed by atoms with Gasteiger partial charge in [0.1, 0.15) is 4.99 Å². The number of nitrogens with two attached hydrogens (primary N) is 1. The summed E-state index contributed by atoms with van der Waals surface area (Å²) in [7, 11) is 0. The van der Waals surface area contributed by atoms with Gasteiger partial charge in [0.25, 0.3) is 0 Å². The van der Waals surface area contributed by atoms with Crippen LogP contribution < -0.4 is 11.1 Å². The van der Waals surface area contributed by atoms with Crippen molar-refractivity contribution < 1.29 is 9.53 Å². The minimum Gasteiger partial charge on any atom is -0.389 e. The molecule has 2 atom stereocenters. The lowest BCUT2D eigenvalue weighted by Gasteiger charge is -2.10. The molecular formula is C13H16N2O2S. The molecule has 18 heavy (non-hydrogen) atoms. The summed E-state index contributed by atoms with van der Waals surface area (Å²) in [5, 5.41) is 2.87. The first-order chi connectivity index (χ1) is 8.56. The number of hydrogen-bond donors (Lipinski definition) is 2. The molecule has 0 aromatic heterocycles. The van der Waals surface area contributed by atoms with Gasteiger partial charge >= 0.3 is 0 Å². The van der Waals surface area contributed by atoms with Crippen molar-refractivity contribution in [1.82, 2.24) is 0 Å². The van der Waals surface area contributed by atoms with Crippen LogP contribution in [0.5, 0.6) is 0 Å². The number of carbonyl (C=O) groups is 1. The Labute approximate surface area is 112 Å². The molecule has 1 heterocycles. The van der Waals surface area contributed by atoms with Crippen LogP contribution in [0.25, 0.3) is 0 Å². The summed E-state index contributed by atoms with van der Waals surface area (Å²) in [5.41, 5.74) is 7.01. The molecule has 5 heteroatoms. The SMILES string of the molecule is CC1CC(C(=O)Nc2cccc(C(N)=S)c2)CO1. The summed E-state index contributed by atoms with van der Waals surface area (Å²) in [5.74, 6) is -0.0899. The lowest BCUT2D eigenvalue weighted by molar-refractivity contribution is -0.119. The number of nitrogens with one attached hydrogen (secondary N) is 1. The Balaban J connectivity index is 2.03. The summed E-state index contributed by atoms with van der Waals surface area (Å²) in [6, 6.07) is 7.23. The molecule has 96 valence electrons. The van der Waals surface area contributed by atoms with Crippen molar-refractivity contribution >= 4 is 28.8 Å². The lowest BCUT2D eigenvalue weighted by atomic mass is 10.1. The molecule has 2 unspecified atom stereocenters. The third-order valence-electron chi connectivity index (χ3n) is 2.98. The minimum atomic E-state index is -0.0755. The van der Waals surface area contributed by atoms with E-state index in [9.17, 15) is 4.79 Å². The lowest BCUT2D eigenvalue weighted by Crippen LogP contribution is -2.23. The number of anilines is 1. The maximum atomic E-state index is 12.0. The fourth-order valence-corrected chi connectivity index (χ4v) is 2.12. The molecule has 3 N–H and O–H groups in total. The van der Waals surface area contributed by atoms with Gasteiger partial charge < -0.3 is 15.8 Å². The Morgan fingerprint density at radius 3 is 2.94 bits per heavy atom. The maximum absolute atomic E-state index is 12.0. The fourth-order valence-electron chi connectivity index (χ4n) is 1.99. The fraction of sp³-hybridized carbons (Fsp3) is 0.385. The van der Waals surface area contributed by atoms with Crippen LogP contribution in [0.15, 0.2) is 24.3 Å². The number of hydrogen-bond acceptors (Lipinski definition) is 3. The van der Waals surface area contributed by atoms with E-state index in [0.29, 0.717) is 17.3 Å². The Hall–Kier alpha value is -1.46. The zero-order chi connectivity index (χ0) is 13.1. The molecule has 1 aliphatic heterocycles. The molecule has 0 radical (unpaired) electrons. The van der Waals surface area contributed by atoms with Gasteiger partial charge in [-0.3, -0.25) is 4.79 Å². The molecule has 1 saturated heterocycles. The first-order valence-electron chi connectivity index (χ1n) is 5.88. The molecule has 2 rings (SSSR count). The van der Waals surface area contributed by atoms with E-state index in [-0.39, 0.29) is 17.9 Å². The Kier molecular flexibility index (Phi) is 3.93. The quantitative estimate of drug-likeness (QED) is 0.815. The van der Waals surface area contributed by atoms with Gasteiger partial charge in [0, 0.05) is 11.3 Å². The summed E-state index contributed by atoms with van der Waals surface area (Å²) in [6.45, 7) is 2.46. The summed E-state index contributed by atoms with van der Waals surface area (Å²) < 4.78 is 5.38. The number of amides is 1. The van der Waals surface area contributed by atoms with Crippen LogP contribution in [0.2, 0.25) is 0 Å². The number of benzene rings is 1. The molecular weight excluding hydrogens is 248 g/mol. The van der Waals surface area contributed by atoms with Crippen LogP contribution in [-0.2, 0) is 9.53 Å². The Morgan fingerprint density at radius 1 is 1.56 bits per heavy atom. The normalized spacial score (nSPS) is 22.7. The van der Waals surface area contributed by atoms with Gasteiger partial charge in [-0.1, -0.05) is 24.4 Å². The van der Waals surface area contributed by atoms with Crippen molar-refractivity contribution in [3.8, 4) is 0 Å². The monoisotopic (exact) mass is 264 g/mol. The van der Waals surface area contributed by atoms with Crippen LogP contribution in [0, 0.1) is 5.92 Å². The smallest absolute Gasteiger partial charge is 0.229 e. The van der Waals surface area contributed by atoms with Gasteiger partial charge in [0.15, 0.2) is 0 Å². The van der Waals surface area contributed by atoms with E-state index in [1.54, 1.807) is 6.07 Å². The van der Waals surface area contributed by atoms with Crippen molar-refractivity contribution in [2.75, 3.05) is 11.9 Å². The van der Waals surface area contributed by atoms with Crippen LogP contribution in [0.1, 0.15) is 18.9 Å². The van der Waals surface area contributed by atoms with E-state index in [2.05, 4.69) is 5.32 Å². The average Bonchev–Trinajstić information content (AvgIpc) is 2.76. The van der Waals surface area contributed by atoms with Gasteiger partial charge in [-0.25, -0.2) is 0 Å². The van der Waals surface area contributed by atoms with Crippen molar-refractivity contribution in [3.63, 3.8) is 0 Å². The first kappa shape index (κ1) is 13.0. The van der Waals surface area contributed by atoms with Gasteiger partial charge in [-0.2, -0.15) is 0 Å². The molecule has 0 bridgehead atoms. The highest BCUT2D eigenvalue weighted by Gasteiger charge is 2.28. The van der Waals surface area contributed by atoms with E-state index in [4.69, 9.17) is 22.7 Å². The predicted molar refractivity (Wildman–Crippen MR) is 74.5 cm³/mol. The van der Waals surface area contributed by atoms with Crippen LogP contribution in [0.4, 0.5) is 5.69 Å². The second kappa shape index (κ2) is 5.46. The van der Waals surface area contributed by atoms with Crippen molar-refractivity contribution in [3.05, 3.63) is 29.8 Å². The van der Waals surface area contributed by atoms with Gasteiger partial charge in [-0.05, 0) is 25.5 Å². The zero-order valence-electron chi connectivity index (χ0n) is 10.2. The molecule has 4 nitrogen and oxygen atoms in total. The summed E-state index contributed by atoms with van der Waals surface area (Å²) >= 11 is 4.90. The summed E-state index contributed by atoms with van der Waals surface area (Å²) in [6.07, 6.45) is 0.921. The molecule has 1 aromatic carbocycles. The van der Waals surface area contributed by atoms with E-state index < -0.39 is 0 Å². The van der Waals surface area contributed by atoms with E-state index >= 15 is 0 Å². The highest BCUT2D eigenvalue weighted by atomic mass is 32.1. The Bertz CT molecular complexity index is 476. The third-order valence-corrected chi connectivity index (χ3v) is 3.22. The summed E-state index contributed by atoms with van der Waals surface area (Å²) in [4.78, 5) is 12.3. The van der Waals surface area contributed by atoms with E-state index in [0.717, 1.165) is 12.0 Å². The highest BCUT2D eigenvalue weighted by Crippen LogP contribution is 2.21. The molecule has 0 aliphatic carbocycles. The minimum absolute atomic E-state index is 0.0144. The van der Waals surface area contributed by atoms with E-state index in [1.165, 1.54) is 0 Å². The third kappa shape index (κ3) is 3.05. The van der Waals surface area contributed by atoms with Crippen molar-refractivity contribution in [2.45, 2.75) is 19.4 Å². The number of rotatable bonds is 3. The number of thiocarbonyl (C=S) groups is 1. The van der Waals surface area contributed by atoms with Gasteiger partial charge in [-0.15, -0.1) is 0 Å². The first-order valence-corrected chi connectivity index (χ1v) is 6.29. The zero-order valence-corrected chi connectivity index (χ0v) is 11.0. The number of carbonyl (C=O) groups excluding carboxylic acids is 1. The molecule has 1 aromatic rings. The average molecular weight is 264 g/mol. The second-order valence-corrected chi connectivity index (χ2v) is 4.95. The molecule has 1 fully saturated rings. The molecule has 0 saturated carbocycles. The maximum Gasteiger partial charge on any atom is 0.229 e. The van der Waals surface area contributed by atoms with Crippen LogP contribution >= 0.6 is 12.2 Å². The largest absolute Gasteiger partial charge is 0.389 e. The van der Waals surface area contributed by atoms with Gasteiger partial charge in [0.05, 0.1) is 18.6 Å². The second-order valence-electron chi connectivity index (χ2n) is 4.51. The molecule has 0 spiro atoms. The standard InChI is InChI=1S/C13H16N2O2S/c1-8-5-10(7-17-8)13(16)15-11-4-2-3-9(6-11)12(14)18/h2-4,6,8,10H,5,7H2,1H3,(H2,14,18)(H,15,16). The van der Waals surface area contributed by atoms with Crippen LogP contribution in [0.3, 0.4) is 0 Å². The molecule has 1 aliphatic rings. The predicted octanol–water partition coefficient (Wildman–Crippen LogP) is 1.68. The van der Waals surface area contributed by atoms with Crippen molar-refractivity contribution in [2.24, 2.45) is 11.7 Å². The van der Waals surface area contributed by atoms with Crippen molar-refractivity contribution in [1.29, 1.82) is 0 Å². The Morgan fingerprint density at radius 2 is 2.33 bits per heavy atom. The highest BCUT2D eigenvalue weighted by molar-refractivity contribution is 7.80.